The summed E-state index contributed by atoms with van der Waals surface area (Å²) in [5, 5.41) is 3.98. The SMILES string of the molecule is CC1=C(C(N)=O)[C@@H](c2ccc(Cl)c(Cl)c2)n2nc(C(F)(F)F)cc2N1C(=O)OC(C)(C)C. The topological polar surface area (TPSA) is 90.5 Å². The van der Waals surface area contributed by atoms with Gasteiger partial charge in [0.1, 0.15) is 17.5 Å². The molecular weight excluding hydrogens is 472 g/mol. The van der Waals surface area contributed by atoms with Crippen LogP contribution < -0.4 is 10.6 Å². The number of primary amides is 1. The summed E-state index contributed by atoms with van der Waals surface area (Å²) < 4.78 is 46.8. The van der Waals surface area contributed by atoms with Crippen molar-refractivity contribution in [1.29, 1.82) is 0 Å². The molecule has 1 aliphatic heterocycles. The van der Waals surface area contributed by atoms with Gasteiger partial charge in [0.15, 0.2) is 5.69 Å². The molecule has 2 aromatic rings. The number of anilines is 1. The van der Waals surface area contributed by atoms with E-state index in [2.05, 4.69) is 5.10 Å². The molecule has 0 saturated carbocycles. The Bertz CT molecular complexity index is 1140. The second kappa shape index (κ2) is 8.00. The van der Waals surface area contributed by atoms with E-state index in [0.717, 1.165) is 9.58 Å². The maximum Gasteiger partial charge on any atom is 0.435 e. The summed E-state index contributed by atoms with van der Waals surface area (Å²) in [6, 6.07) is 3.83. The number of hydrogen-bond donors (Lipinski definition) is 1. The number of allylic oxidation sites excluding steroid dienone is 1. The number of fused-ring (bicyclic) bond motifs is 1. The van der Waals surface area contributed by atoms with Crippen molar-refractivity contribution in [3.63, 3.8) is 0 Å². The minimum Gasteiger partial charge on any atom is -0.443 e. The van der Waals surface area contributed by atoms with E-state index in [4.69, 9.17) is 33.7 Å². The third kappa shape index (κ3) is 4.42. The zero-order valence-electron chi connectivity index (χ0n) is 17.4. The lowest BCUT2D eigenvalue weighted by atomic mass is 9.94. The summed E-state index contributed by atoms with van der Waals surface area (Å²) in [7, 11) is 0. The Morgan fingerprint density at radius 2 is 1.75 bits per heavy atom. The zero-order valence-corrected chi connectivity index (χ0v) is 18.9. The van der Waals surface area contributed by atoms with E-state index >= 15 is 0 Å². The van der Waals surface area contributed by atoms with Crippen LogP contribution in [0.5, 0.6) is 0 Å². The van der Waals surface area contributed by atoms with Crippen LogP contribution >= 0.6 is 23.2 Å². The molecule has 0 saturated heterocycles. The predicted octanol–water partition coefficient (Wildman–Crippen LogP) is 5.31. The van der Waals surface area contributed by atoms with Crippen molar-refractivity contribution >= 4 is 41.0 Å². The van der Waals surface area contributed by atoms with Crippen molar-refractivity contribution in [1.82, 2.24) is 9.78 Å². The van der Waals surface area contributed by atoms with Gasteiger partial charge in [0.2, 0.25) is 5.91 Å². The van der Waals surface area contributed by atoms with E-state index < -0.39 is 35.5 Å². The van der Waals surface area contributed by atoms with E-state index in [-0.39, 0.29) is 27.1 Å². The molecule has 2 amide bonds. The van der Waals surface area contributed by atoms with Crippen LogP contribution in [0.4, 0.5) is 23.8 Å². The number of carbonyl (C=O) groups excluding carboxylic acids is 2. The van der Waals surface area contributed by atoms with Crippen LogP contribution in [-0.4, -0.2) is 27.4 Å². The molecule has 0 spiro atoms. The van der Waals surface area contributed by atoms with Crippen LogP contribution in [0.1, 0.15) is 45.0 Å². The van der Waals surface area contributed by atoms with Gasteiger partial charge in [-0.05, 0) is 45.4 Å². The second-order valence-electron chi connectivity index (χ2n) is 8.09. The average molecular weight is 491 g/mol. The van der Waals surface area contributed by atoms with Crippen molar-refractivity contribution in [3.05, 3.63) is 56.8 Å². The van der Waals surface area contributed by atoms with Crippen molar-refractivity contribution in [3.8, 4) is 0 Å². The molecule has 172 valence electrons. The van der Waals surface area contributed by atoms with Crippen molar-refractivity contribution < 1.29 is 27.5 Å². The second-order valence-corrected chi connectivity index (χ2v) is 8.90. The van der Waals surface area contributed by atoms with Gasteiger partial charge in [-0.15, -0.1) is 0 Å². The van der Waals surface area contributed by atoms with Gasteiger partial charge in [-0.2, -0.15) is 18.3 Å². The van der Waals surface area contributed by atoms with Crippen LogP contribution in [0.3, 0.4) is 0 Å². The number of amides is 2. The highest BCUT2D eigenvalue weighted by Gasteiger charge is 2.44. The molecule has 12 heteroatoms. The molecule has 2 heterocycles. The number of nitrogens with two attached hydrogens (primary N) is 1. The fourth-order valence-electron chi connectivity index (χ4n) is 3.33. The first-order chi connectivity index (χ1) is 14.6. The van der Waals surface area contributed by atoms with Crippen molar-refractivity contribution in [2.24, 2.45) is 5.73 Å². The molecule has 0 radical (unpaired) electrons. The molecule has 1 aliphatic rings. The summed E-state index contributed by atoms with van der Waals surface area (Å²) in [6.45, 7) is 6.18. The molecule has 3 rings (SSSR count). The van der Waals surface area contributed by atoms with Crippen LogP contribution in [-0.2, 0) is 15.7 Å². The number of benzene rings is 1. The number of carbonyl (C=O) groups is 2. The maximum atomic E-state index is 13.5. The van der Waals surface area contributed by atoms with Gasteiger partial charge in [-0.3, -0.25) is 4.79 Å². The lowest BCUT2D eigenvalue weighted by Gasteiger charge is -2.36. The first-order valence-corrected chi connectivity index (χ1v) is 10.0. The van der Waals surface area contributed by atoms with Crippen molar-refractivity contribution in [2.45, 2.75) is 45.5 Å². The van der Waals surface area contributed by atoms with Gasteiger partial charge in [-0.1, -0.05) is 29.3 Å². The third-order valence-corrected chi connectivity index (χ3v) is 5.32. The largest absolute Gasteiger partial charge is 0.443 e. The van der Waals surface area contributed by atoms with Gasteiger partial charge < -0.3 is 10.5 Å². The first-order valence-electron chi connectivity index (χ1n) is 9.27. The molecule has 0 bridgehead atoms. The molecule has 0 fully saturated rings. The quantitative estimate of drug-likeness (QED) is 0.617. The Hall–Kier alpha value is -2.72. The molecule has 7 nitrogen and oxygen atoms in total. The Kier molecular flexibility index (Phi) is 5.99. The summed E-state index contributed by atoms with van der Waals surface area (Å²) in [4.78, 5) is 26.2. The summed E-state index contributed by atoms with van der Waals surface area (Å²) in [5.41, 5.74) is 3.53. The Morgan fingerprint density at radius 3 is 2.25 bits per heavy atom. The minimum atomic E-state index is -4.81. The number of hydrogen-bond acceptors (Lipinski definition) is 4. The van der Waals surface area contributed by atoms with Crippen LogP contribution in [0.25, 0.3) is 0 Å². The van der Waals surface area contributed by atoms with Crippen LogP contribution in [0, 0.1) is 0 Å². The molecule has 32 heavy (non-hydrogen) atoms. The summed E-state index contributed by atoms with van der Waals surface area (Å²) in [5.74, 6) is -1.20. The fraction of sp³-hybridized carbons (Fsp3) is 0.350. The number of aromatic nitrogens is 2. The van der Waals surface area contributed by atoms with E-state index in [9.17, 15) is 22.8 Å². The molecule has 0 unspecified atom stereocenters. The highest BCUT2D eigenvalue weighted by molar-refractivity contribution is 6.42. The number of ether oxygens (including phenoxy) is 1. The highest BCUT2D eigenvalue weighted by atomic mass is 35.5. The van der Waals surface area contributed by atoms with E-state index in [1.54, 1.807) is 20.8 Å². The molecule has 2 N–H and O–H groups in total. The molecular formula is C20H19Cl2F3N4O3. The number of alkyl halides is 3. The van der Waals surface area contributed by atoms with Gasteiger partial charge in [0, 0.05) is 11.8 Å². The standard InChI is InChI=1S/C20H19Cl2F3N4O3/c1-9-15(17(26)30)16(10-5-6-11(21)12(22)7-10)29-14(8-13(27-29)20(23,24)25)28(9)18(31)32-19(2,3)4/h5-8,16H,1-4H3,(H2,26,30)/t16-/m1/s1. The van der Waals surface area contributed by atoms with Crippen molar-refractivity contribution in [2.75, 3.05) is 4.90 Å². The number of rotatable bonds is 2. The zero-order chi connectivity index (χ0) is 24.2. The first kappa shape index (κ1) is 23.9. The Balaban J connectivity index is 2.32. The monoisotopic (exact) mass is 490 g/mol. The van der Waals surface area contributed by atoms with Gasteiger partial charge in [0.05, 0.1) is 15.6 Å². The molecule has 1 aromatic carbocycles. The number of halogens is 5. The van der Waals surface area contributed by atoms with Gasteiger partial charge in [0.25, 0.3) is 0 Å². The van der Waals surface area contributed by atoms with Gasteiger partial charge >= 0.3 is 12.3 Å². The molecule has 1 aromatic heterocycles. The Morgan fingerprint density at radius 1 is 1.12 bits per heavy atom. The van der Waals surface area contributed by atoms with E-state index in [1.807, 2.05) is 0 Å². The summed E-state index contributed by atoms with van der Waals surface area (Å²) >= 11 is 12.1. The molecule has 1 atom stereocenters. The number of nitrogens with zero attached hydrogens (tertiary/aromatic N) is 3. The maximum absolute atomic E-state index is 13.5. The van der Waals surface area contributed by atoms with Crippen LogP contribution in [0.15, 0.2) is 35.5 Å². The normalized spacial score (nSPS) is 16.8. The Labute approximate surface area is 191 Å². The fourth-order valence-corrected chi connectivity index (χ4v) is 3.64. The van der Waals surface area contributed by atoms with E-state index in [0.29, 0.717) is 11.6 Å². The smallest absolute Gasteiger partial charge is 0.435 e. The predicted molar refractivity (Wildman–Crippen MR) is 112 cm³/mol. The highest BCUT2D eigenvalue weighted by Crippen LogP contribution is 2.43. The van der Waals surface area contributed by atoms with E-state index in [1.165, 1.54) is 25.1 Å². The van der Waals surface area contributed by atoms with Crippen LogP contribution in [0.2, 0.25) is 10.0 Å². The average Bonchev–Trinajstić information content (AvgIpc) is 3.06. The summed E-state index contributed by atoms with van der Waals surface area (Å²) in [6.07, 6.45) is -5.80. The minimum absolute atomic E-state index is 0.00365. The molecule has 0 aliphatic carbocycles. The third-order valence-electron chi connectivity index (χ3n) is 4.58. The lowest BCUT2D eigenvalue weighted by Crippen LogP contribution is -2.43. The lowest BCUT2D eigenvalue weighted by molar-refractivity contribution is -0.141. The van der Waals surface area contributed by atoms with Gasteiger partial charge in [-0.25, -0.2) is 14.4 Å².